The van der Waals surface area contributed by atoms with Gasteiger partial charge in [0.2, 0.25) is 0 Å². The molecule has 0 saturated heterocycles. The molecule has 2 rings (SSSR count). The van der Waals surface area contributed by atoms with Crippen LogP contribution in [0.15, 0.2) is 24.3 Å². The first-order chi connectivity index (χ1) is 9.35. The minimum absolute atomic E-state index is 0.00118. The standard InChI is InChI=1S/C12H16N2O5S/c15-10-5-1-8(2-6-10)7-11(12(16)17)14-20(18,19)13-9-3-4-9/h1-2,5-6,9,11,13-15H,3-4,7H2,(H,16,17)/t11-/m0/s1. The van der Waals surface area contributed by atoms with E-state index in [1.807, 2.05) is 0 Å². The van der Waals surface area contributed by atoms with E-state index in [-0.39, 0.29) is 18.2 Å². The van der Waals surface area contributed by atoms with Crippen LogP contribution in [-0.4, -0.2) is 36.7 Å². The highest BCUT2D eigenvalue weighted by molar-refractivity contribution is 7.87. The van der Waals surface area contributed by atoms with Crippen LogP contribution in [0.4, 0.5) is 0 Å². The van der Waals surface area contributed by atoms with Gasteiger partial charge >= 0.3 is 5.97 Å². The van der Waals surface area contributed by atoms with Crippen molar-refractivity contribution >= 4 is 16.2 Å². The molecule has 0 aromatic heterocycles. The van der Waals surface area contributed by atoms with Gasteiger partial charge in [0, 0.05) is 6.04 Å². The number of aromatic hydroxyl groups is 1. The number of nitrogens with one attached hydrogen (secondary N) is 2. The Balaban J connectivity index is 2.03. The number of hydrogen-bond acceptors (Lipinski definition) is 4. The average Bonchev–Trinajstić information content (AvgIpc) is 3.14. The summed E-state index contributed by atoms with van der Waals surface area (Å²) in [5.41, 5.74) is 0.615. The second-order valence-corrected chi connectivity index (χ2v) is 6.25. The Morgan fingerprint density at radius 2 is 1.90 bits per heavy atom. The van der Waals surface area contributed by atoms with Gasteiger partial charge in [-0.1, -0.05) is 12.1 Å². The fraction of sp³-hybridized carbons (Fsp3) is 0.417. The Morgan fingerprint density at radius 3 is 2.40 bits per heavy atom. The highest BCUT2D eigenvalue weighted by Gasteiger charge is 2.30. The molecule has 1 aliphatic rings. The molecule has 110 valence electrons. The topological polar surface area (TPSA) is 116 Å². The van der Waals surface area contributed by atoms with Crippen LogP contribution in [0.25, 0.3) is 0 Å². The van der Waals surface area contributed by atoms with E-state index in [1.54, 1.807) is 12.1 Å². The van der Waals surface area contributed by atoms with Gasteiger partial charge in [-0.15, -0.1) is 0 Å². The van der Waals surface area contributed by atoms with Crippen LogP contribution in [0.1, 0.15) is 18.4 Å². The third-order valence-electron chi connectivity index (χ3n) is 2.87. The molecule has 8 heteroatoms. The van der Waals surface area contributed by atoms with Crippen LogP contribution in [0.3, 0.4) is 0 Å². The second kappa shape index (κ2) is 5.78. The zero-order chi connectivity index (χ0) is 14.8. The predicted octanol–water partition coefficient (Wildman–Crippen LogP) is -0.0257. The van der Waals surface area contributed by atoms with Crippen LogP contribution >= 0.6 is 0 Å². The molecule has 0 radical (unpaired) electrons. The predicted molar refractivity (Wildman–Crippen MR) is 71.4 cm³/mol. The fourth-order valence-corrected chi connectivity index (χ4v) is 2.99. The third kappa shape index (κ3) is 4.48. The van der Waals surface area contributed by atoms with Gasteiger partial charge in [0.1, 0.15) is 11.8 Å². The molecule has 1 saturated carbocycles. The van der Waals surface area contributed by atoms with Crippen molar-refractivity contribution in [1.29, 1.82) is 0 Å². The summed E-state index contributed by atoms with van der Waals surface area (Å²) in [6.07, 6.45) is 1.55. The van der Waals surface area contributed by atoms with Crippen molar-refractivity contribution in [3.05, 3.63) is 29.8 Å². The Labute approximate surface area is 116 Å². The molecule has 1 atom stereocenters. The van der Waals surface area contributed by atoms with E-state index in [9.17, 15) is 13.2 Å². The van der Waals surface area contributed by atoms with Crippen LogP contribution in [0.5, 0.6) is 5.75 Å². The lowest BCUT2D eigenvalue weighted by molar-refractivity contribution is -0.138. The number of benzene rings is 1. The number of phenolic OH excluding ortho intramolecular Hbond substituents is 1. The number of aliphatic carboxylic acids is 1. The summed E-state index contributed by atoms with van der Waals surface area (Å²) in [6.45, 7) is 0. The zero-order valence-corrected chi connectivity index (χ0v) is 11.4. The fourth-order valence-electron chi connectivity index (χ4n) is 1.69. The summed E-state index contributed by atoms with van der Waals surface area (Å²) in [4.78, 5) is 11.1. The molecule has 20 heavy (non-hydrogen) atoms. The minimum Gasteiger partial charge on any atom is -0.508 e. The van der Waals surface area contributed by atoms with Gasteiger partial charge in [-0.25, -0.2) is 0 Å². The lowest BCUT2D eigenvalue weighted by Gasteiger charge is -2.15. The number of carboxylic acids is 1. The molecule has 0 heterocycles. The van der Waals surface area contributed by atoms with E-state index < -0.39 is 22.2 Å². The maximum atomic E-state index is 11.7. The third-order valence-corrected chi connectivity index (χ3v) is 4.11. The molecule has 0 aliphatic heterocycles. The number of phenols is 1. The van der Waals surface area contributed by atoms with Crippen molar-refractivity contribution in [1.82, 2.24) is 9.44 Å². The number of hydrogen-bond donors (Lipinski definition) is 4. The van der Waals surface area contributed by atoms with Crippen molar-refractivity contribution < 1.29 is 23.4 Å². The lowest BCUT2D eigenvalue weighted by atomic mass is 10.1. The summed E-state index contributed by atoms with van der Waals surface area (Å²) in [7, 11) is -3.82. The molecule has 0 bridgehead atoms. The van der Waals surface area contributed by atoms with E-state index >= 15 is 0 Å². The quantitative estimate of drug-likeness (QED) is 0.564. The van der Waals surface area contributed by atoms with Crippen LogP contribution in [0.2, 0.25) is 0 Å². The molecule has 7 nitrogen and oxygen atoms in total. The molecule has 0 unspecified atom stereocenters. The maximum Gasteiger partial charge on any atom is 0.322 e. The van der Waals surface area contributed by atoms with Crippen molar-refractivity contribution in [2.45, 2.75) is 31.3 Å². The first kappa shape index (κ1) is 14.8. The van der Waals surface area contributed by atoms with Crippen LogP contribution < -0.4 is 9.44 Å². The highest BCUT2D eigenvalue weighted by atomic mass is 32.2. The first-order valence-electron chi connectivity index (χ1n) is 6.16. The Morgan fingerprint density at radius 1 is 1.30 bits per heavy atom. The average molecular weight is 300 g/mol. The largest absolute Gasteiger partial charge is 0.508 e. The molecule has 1 aromatic carbocycles. The zero-order valence-electron chi connectivity index (χ0n) is 10.6. The molecule has 1 aliphatic carbocycles. The van der Waals surface area contributed by atoms with Gasteiger partial charge in [-0.05, 0) is 37.0 Å². The second-order valence-electron chi connectivity index (χ2n) is 4.77. The van der Waals surface area contributed by atoms with E-state index in [0.29, 0.717) is 5.56 Å². The Hall–Kier alpha value is -1.64. The van der Waals surface area contributed by atoms with E-state index in [0.717, 1.165) is 12.8 Å². The molecule has 1 fully saturated rings. The van der Waals surface area contributed by atoms with Crippen LogP contribution in [0, 0.1) is 0 Å². The van der Waals surface area contributed by atoms with Crippen molar-refractivity contribution in [3.63, 3.8) is 0 Å². The molecule has 4 N–H and O–H groups in total. The summed E-state index contributed by atoms with van der Waals surface area (Å²) in [5.74, 6) is -1.18. The SMILES string of the molecule is O=C(O)[C@H](Cc1ccc(O)cc1)NS(=O)(=O)NC1CC1. The Kier molecular flexibility index (Phi) is 4.26. The maximum absolute atomic E-state index is 11.7. The van der Waals surface area contributed by atoms with Gasteiger partial charge in [-0.2, -0.15) is 17.9 Å². The van der Waals surface area contributed by atoms with Crippen molar-refractivity contribution in [2.75, 3.05) is 0 Å². The van der Waals surface area contributed by atoms with Gasteiger partial charge in [0.05, 0.1) is 0 Å². The van der Waals surface area contributed by atoms with Gasteiger partial charge in [0.15, 0.2) is 0 Å². The Bertz CT molecular complexity index is 580. The van der Waals surface area contributed by atoms with E-state index in [1.165, 1.54) is 12.1 Å². The number of rotatable bonds is 7. The van der Waals surface area contributed by atoms with E-state index in [4.69, 9.17) is 10.2 Å². The highest BCUT2D eigenvalue weighted by Crippen LogP contribution is 2.19. The van der Waals surface area contributed by atoms with Gasteiger partial charge in [0.25, 0.3) is 10.2 Å². The van der Waals surface area contributed by atoms with Gasteiger partial charge < -0.3 is 10.2 Å². The molecular formula is C12H16N2O5S. The number of carboxylic acid groups (broad SMARTS) is 1. The summed E-state index contributed by atoms with van der Waals surface area (Å²) in [6, 6.07) is 4.60. The first-order valence-corrected chi connectivity index (χ1v) is 7.64. The summed E-state index contributed by atoms with van der Waals surface area (Å²) < 4.78 is 27.9. The smallest absolute Gasteiger partial charge is 0.322 e. The van der Waals surface area contributed by atoms with Gasteiger partial charge in [-0.3, -0.25) is 4.79 Å². The lowest BCUT2D eigenvalue weighted by Crippen LogP contribution is -2.48. The van der Waals surface area contributed by atoms with Crippen LogP contribution in [-0.2, 0) is 21.4 Å². The molecule has 0 amide bonds. The monoisotopic (exact) mass is 300 g/mol. The normalized spacial score (nSPS) is 16.8. The molecule has 1 aromatic rings. The molecular weight excluding hydrogens is 284 g/mol. The van der Waals surface area contributed by atoms with E-state index in [2.05, 4.69) is 9.44 Å². The minimum atomic E-state index is -3.82. The van der Waals surface area contributed by atoms with Crippen molar-refractivity contribution in [2.24, 2.45) is 0 Å². The number of carbonyl (C=O) groups is 1. The summed E-state index contributed by atoms with van der Waals surface area (Å²) in [5, 5.41) is 18.3. The van der Waals surface area contributed by atoms with Crippen molar-refractivity contribution in [3.8, 4) is 5.75 Å². The molecule has 0 spiro atoms. The summed E-state index contributed by atoms with van der Waals surface area (Å²) >= 11 is 0.